The first-order valence-electron chi connectivity index (χ1n) is 6.48. The molecule has 3 heteroatoms. The highest BCUT2D eigenvalue weighted by molar-refractivity contribution is 8.00. The Balaban J connectivity index is 2.10. The van der Waals surface area contributed by atoms with Crippen molar-refractivity contribution in [3.63, 3.8) is 0 Å². The van der Waals surface area contributed by atoms with E-state index in [9.17, 15) is 0 Å². The van der Waals surface area contributed by atoms with Crippen LogP contribution in [0.1, 0.15) is 46.5 Å². The van der Waals surface area contributed by atoms with Gasteiger partial charge in [-0.05, 0) is 39.9 Å². The van der Waals surface area contributed by atoms with Crippen molar-refractivity contribution in [1.82, 2.24) is 10.6 Å². The molecule has 0 spiro atoms. The van der Waals surface area contributed by atoms with Crippen LogP contribution in [-0.2, 0) is 0 Å². The predicted molar refractivity (Wildman–Crippen MR) is 75.3 cm³/mol. The van der Waals surface area contributed by atoms with Crippen LogP contribution < -0.4 is 10.6 Å². The number of thioether (sulfide) groups is 1. The van der Waals surface area contributed by atoms with Crippen LogP contribution in [0.2, 0.25) is 0 Å². The Morgan fingerprint density at radius 2 is 1.75 bits per heavy atom. The molecular weight excluding hydrogens is 216 g/mol. The molecule has 0 atom stereocenters. The fourth-order valence-electron chi connectivity index (χ4n) is 2.31. The Hall–Kier alpha value is 0.270. The molecule has 0 aliphatic heterocycles. The first-order chi connectivity index (χ1) is 7.47. The van der Waals surface area contributed by atoms with E-state index >= 15 is 0 Å². The molecule has 0 aromatic rings. The van der Waals surface area contributed by atoms with E-state index in [-0.39, 0.29) is 5.54 Å². The monoisotopic (exact) mass is 244 g/mol. The van der Waals surface area contributed by atoms with Crippen LogP contribution in [0.3, 0.4) is 0 Å². The molecular formula is C13H28N2S. The number of rotatable bonds is 6. The van der Waals surface area contributed by atoms with Crippen molar-refractivity contribution >= 4 is 11.8 Å². The van der Waals surface area contributed by atoms with Gasteiger partial charge in [-0.3, -0.25) is 0 Å². The lowest BCUT2D eigenvalue weighted by atomic mass is 10.1. The van der Waals surface area contributed by atoms with Crippen LogP contribution in [0.15, 0.2) is 0 Å². The molecule has 2 nitrogen and oxygen atoms in total. The highest BCUT2D eigenvalue weighted by Gasteiger charge is 2.32. The van der Waals surface area contributed by atoms with Crippen molar-refractivity contribution < 1.29 is 0 Å². The zero-order valence-electron chi connectivity index (χ0n) is 11.4. The van der Waals surface area contributed by atoms with Gasteiger partial charge in [0, 0.05) is 29.9 Å². The molecule has 1 saturated carbocycles. The van der Waals surface area contributed by atoms with E-state index in [1.165, 1.54) is 32.2 Å². The van der Waals surface area contributed by atoms with Gasteiger partial charge in [-0.15, -0.1) is 0 Å². The molecule has 1 aliphatic rings. The van der Waals surface area contributed by atoms with Crippen LogP contribution in [0, 0.1) is 0 Å². The molecule has 0 aromatic carbocycles. The third-order valence-corrected chi connectivity index (χ3v) is 4.77. The van der Waals surface area contributed by atoms with Crippen LogP contribution in [-0.4, -0.2) is 36.2 Å². The van der Waals surface area contributed by atoms with Gasteiger partial charge < -0.3 is 10.6 Å². The van der Waals surface area contributed by atoms with Gasteiger partial charge in [0.05, 0.1) is 0 Å². The Morgan fingerprint density at radius 1 is 1.12 bits per heavy atom. The summed E-state index contributed by atoms with van der Waals surface area (Å²) in [6, 6.07) is 0. The number of hydrogen-bond acceptors (Lipinski definition) is 3. The van der Waals surface area contributed by atoms with E-state index in [2.05, 4.69) is 49.4 Å². The van der Waals surface area contributed by atoms with Gasteiger partial charge in [0.15, 0.2) is 0 Å². The third kappa shape index (κ3) is 5.07. The summed E-state index contributed by atoms with van der Waals surface area (Å²) in [4.78, 5) is 0. The van der Waals surface area contributed by atoms with Crippen LogP contribution in [0.4, 0.5) is 0 Å². The average molecular weight is 244 g/mol. The fourth-order valence-corrected chi connectivity index (χ4v) is 3.26. The smallest absolute Gasteiger partial charge is 0.0281 e. The quantitative estimate of drug-likeness (QED) is 0.703. The van der Waals surface area contributed by atoms with E-state index in [0.717, 1.165) is 13.1 Å². The SMILES string of the molecule is CSC1(CNCCNC(C)(C)C)CCCC1. The van der Waals surface area contributed by atoms with Crippen molar-refractivity contribution in [2.24, 2.45) is 0 Å². The van der Waals surface area contributed by atoms with E-state index in [1.54, 1.807) is 0 Å². The fraction of sp³-hybridized carbons (Fsp3) is 1.00. The largest absolute Gasteiger partial charge is 0.314 e. The molecule has 1 aliphatic carbocycles. The van der Waals surface area contributed by atoms with Crippen molar-refractivity contribution in [2.45, 2.75) is 56.7 Å². The van der Waals surface area contributed by atoms with Crippen molar-refractivity contribution in [3.8, 4) is 0 Å². The maximum atomic E-state index is 3.61. The van der Waals surface area contributed by atoms with E-state index in [4.69, 9.17) is 0 Å². The van der Waals surface area contributed by atoms with Gasteiger partial charge in [-0.2, -0.15) is 11.8 Å². The maximum Gasteiger partial charge on any atom is 0.0281 e. The van der Waals surface area contributed by atoms with E-state index in [1.807, 2.05) is 0 Å². The highest BCUT2D eigenvalue weighted by Crippen LogP contribution is 2.39. The zero-order valence-corrected chi connectivity index (χ0v) is 12.2. The minimum atomic E-state index is 0.242. The summed E-state index contributed by atoms with van der Waals surface area (Å²) in [5.74, 6) is 0. The Morgan fingerprint density at radius 3 is 2.25 bits per heavy atom. The highest BCUT2D eigenvalue weighted by atomic mass is 32.2. The number of nitrogens with one attached hydrogen (secondary N) is 2. The van der Waals surface area contributed by atoms with Crippen molar-refractivity contribution in [1.29, 1.82) is 0 Å². The van der Waals surface area contributed by atoms with Crippen LogP contribution >= 0.6 is 11.8 Å². The normalized spacial score (nSPS) is 20.2. The second kappa shape index (κ2) is 6.27. The van der Waals surface area contributed by atoms with Gasteiger partial charge in [-0.25, -0.2) is 0 Å². The van der Waals surface area contributed by atoms with Gasteiger partial charge >= 0.3 is 0 Å². The summed E-state index contributed by atoms with van der Waals surface area (Å²) in [5, 5.41) is 7.12. The Bertz CT molecular complexity index is 193. The lowest BCUT2D eigenvalue weighted by Crippen LogP contribution is -2.43. The summed E-state index contributed by atoms with van der Waals surface area (Å²) in [6.07, 6.45) is 7.90. The maximum absolute atomic E-state index is 3.61. The Kier molecular flexibility index (Phi) is 5.62. The first kappa shape index (κ1) is 14.3. The lowest BCUT2D eigenvalue weighted by Gasteiger charge is -2.27. The third-order valence-electron chi connectivity index (χ3n) is 3.35. The summed E-state index contributed by atoms with van der Waals surface area (Å²) in [6.45, 7) is 9.97. The molecule has 1 rings (SSSR count). The molecule has 96 valence electrons. The second-order valence-corrected chi connectivity index (χ2v) is 7.22. The zero-order chi connectivity index (χ0) is 12.1. The average Bonchev–Trinajstić information content (AvgIpc) is 2.65. The van der Waals surface area contributed by atoms with E-state index in [0.29, 0.717) is 4.75 Å². The molecule has 0 radical (unpaired) electrons. The molecule has 0 saturated heterocycles. The summed E-state index contributed by atoms with van der Waals surface area (Å²) < 4.78 is 0.543. The molecule has 0 amide bonds. The van der Waals surface area contributed by atoms with Gasteiger partial charge in [0.1, 0.15) is 0 Å². The van der Waals surface area contributed by atoms with Crippen LogP contribution in [0.25, 0.3) is 0 Å². The molecule has 0 bridgehead atoms. The van der Waals surface area contributed by atoms with Gasteiger partial charge in [-0.1, -0.05) is 12.8 Å². The molecule has 1 fully saturated rings. The minimum Gasteiger partial charge on any atom is -0.314 e. The number of hydrogen-bond donors (Lipinski definition) is 2. The van der Waals surface area contributed by atoms with Crippen molar-refractivity contribution in [2.75, 3.05) is 25.9 Å². The molecule has 2 N–H and O–H groups in total. The second-order valence-electron chi connectivity index (χ2n) is 5.95. The summed E-state index contributed by atoms with van der Waals surface area (Å²) >= 11 is 2.06. The molecule has 16 heavy (non-hydrogen) atoms. The molecule has 0 unspecified atom stereocenters. The first-order valence-corrected chi connectivity index (χ1v) is 7.71. The topological polar surface area (TPSA) is 24.1 Å². The van der Waals surface area contributed by atoms with Gasteiger partial charge in [0.25, 0.3) is 0 Å². The van der Waals surface area contributed by atoms with Crippen LogP contribution in [0.5, 0.6) is 0 Å². The predicted octanol–water partition coefficient (Wildman–Crippen LogP) is 2.64. The van der Waals surface area contributed by atoms with Crippen molar-refractivity contribution in [3.05, 3.63) is 0 Å². The van der Waals surface area contributed by atoms with Gasteiger partial charge in [0.2, 0.25) is 0 Å². The molecule has 0 aromatic heterocycles. The molecule has 0 heterocycles. The Labute approximate surface area is 105 Å². The summed E-state index contributed by atoms with van der Waals surface area (Å²) in [7, 11) is 0. The summed E-state index contributed by atoms with van der Waals surface area (Å²) in [5.41, 5.74) is 0.242. The minimum absolute atomic E-state index is 0.242. The lowest BCUT2D eigenvalue weighted by molar-refractivity contribution is 0.416. The van der Waals surface area contributed by atoms with E-state index < -0.39 is 0 Å². The standard InChI is InChI=1S/C13H28N2S/c1-12(2,3)15-10-9-14-11-13(16-4)7-5-6-8-13/h14-15H,5-11H2,1-4H3.